The Morgan fingerprint density at radius 3 is 2.45 bits per heavy atom. The molecule has 104 valence electrons. The number of benzene rings is 1. The minimum atomic E-state index is -1.39. The smallest absolute Gasteiger partial charge is 0.338 e. The second-order valence-corrected chi connectivity index (χ2v) is 7.44. The zero-order valence-electron chi connectivity index (χ0n) is 9.62. The molecule has 0 aliphatic rings. The number of hydrogen-bond acceptors (Lipinski definition) is 3. The molecule has 8 heteroatoms. The van der Waals surface area contributed by atoms with E-state index in [1.807, 2.05) is 0 Å². The van der Waals surface area contributed by atoms with Crippen LogP contribution in [0.1, 0.15) is 20.7 Å². The fraction of sp³-hybridized carbons (Fsp3) is 0. The maximum absolute atomic E-state index is 13.2. The zero-order valence-corrected chi connectivity index (χ0v) is 13.6. The van der Waals surface area contributed by atoms with E-state index in [2.05, 4.69) is 37.2 Å². The highest BCUT2D eigenvalue weighted by atomic mass is 79.9. The van der Waals surface area contributed by atoms with E-state index < -0.39 is 23.3 Å². The first-order valence-corrected chi connectivity index (χ1v) is 7.57. The van der Waals surface area contributed by atoms with E-state index in [0.29, 0.717) is 9.35 Å². The SMILES string of the molecule is O=C(O)c1cc(NC(=O)c2cc(Br)sc2Br)ccc1F. The van der Waals surface area contributed by atoms with Gasteiger partial charge in [-0.3, -0.25) is 4.79 Å². The molecule has 2 aromatic rings. The monoisotopic (exact) mass is 421 g/mol. The van der Waals surface area contributed by atoms with Gasteiger partial charge in [0.25, 0.3) is 5.91 Å². The average Bonchev–Trinajstić information content (AvgIpc) is 2.70. The molecule has 0 spiro atoms. The van der Waals surface area contributed by atoms with E-state index in [0.717, 1.165) is 15.9 Å². The van der Waals surface area contributed by atoms with Crippen LogP contribution in [0.25, 0.3) is 0 Å². The van der Waals surface area contributed by atoms with Crippen molar-refractivity contribution in [2.75, 3.05) is 5.32 Å². The summed E-state index contributed by atoms with van der Waals surface area (Å²) in [5, 5.41) is 11.3. The number of aromatic carboxylic acids is 1. The molecule has 0 fully saturated rings. The van der Waals surface area contributed by atoms with Crippen molar-refractivity contribution in [1.82, 2.24) is 0 Å². The fourth-order valence-electron chi connectivity index (χ4n) is 1.46. The van der Waals surface area contributed by atoms with Crippen molar-refractivity contribution in [3.8, 4) is 0 Å². The van der Waals surface area contributed by atoms with Crippen molar-refractivity contribution >= 4 is 60.8 Å². The molecule has 0 unspecified atom stereocenters. The minimum Gasteiger partial charge on any atom is -0.478 e. The lowest BCUT2D eigenvalue weighted by Gasteiger charge is -2.06. The Kier molecular flexibility index (Phi) is 4.56. The molecule has 1 amide bonds. The van der Waals surface area contributed by atoms with Gasteiger partial charge in [0.05, 0.1) is 18.7 Å². The molecule has 0 aliphatic heterocycles. The molecule has 1 heterocycles. The summed E-state index contributed by atoms with van der Waals surface area (Å²) in [4.78, 5) is 22.8. The van der Waals surface area contributed by atoms with E-state index in [1.54, 1.807) is 6.07 Å². The fourth-order valence-corrected chi connectivity index (χ4v) is 4.25. The Morgan fingerprint density at radius 1 is 1.20 bits per heavy atom. The van der Waals surface area contributed by atoms with Crippen LogP contribution < -0.4 is 5.32 Å². The summed E-state index contributed by atoms with van der Waals surface area (Å²) in [6.45, 7) is 0. The Bertz CT molecular complexity index is 702. The topological polar surface area (TPSA) is 66.4 Å². The average molecular weight is 423 g/mol. The van der Waals surface area contributed by atoms with Crippen molar-refractivity contribution in [2.24, 2.45) is 0 Å². The largest absolute Gasteiger partial charge is 0.478 e. The number of thiophene rings is 1. The summed E-state index contributed by atoms with van der Waals surface area (Å²) in [6, 6.07) is 5.00. The summed E-state index contributed by atoms with van der Waals surface area (Å²) in [7, 11) is 0. The van der Waals surface area contributed by atoms with Crippen LogP contribution in [-0.2, 0) is 0 Å². The van der Waals surface area contributed by atoms with Crippen LogP contribution >= 0.6 is 43.2 Å². The quantitative estimate of drug-likeness (QED) is 0.772. The van der Waals surface area contributed by atoms with Gasteiger partial charge >= 0.3 is 5.97 Å². The molecule has 0 bridgehead atoms. The molecule has 20 heavy (non-hydrogen) atoms. The van der Waals surface area contributed by atoms with Gasteiger partial charge in [0.15, 0.2) is 0 Å². The Balaban J connectivity index is 2.26. The third kappa shape index (κ3) is 3.25. The van der Waals surface area contributed by atoms with Crippen LogP contribution in [0.5, 0.6) is 0 Å². The highest BCUT2D eigenvalue weighted by Gasteiger charge is 2.16. The Hall–Kier alpha value is -1.25. The normalized spacial score (nSPS) is 10.3. The number of hydrogen-bond donors (Lipinski definition) is 2. The standard InChI is InChI=1S/C12H6Br2FNO3S/c13-9-4-7(10(14)20-9)11(17)16-5-1-2-8(15)6(3-5)12(18)19/h1-4H,(H,16,17)(H,18,19). The van der Waals surface area contributed by atoms with Gasteiger partial charge in [-0.2, -0.15) is 0 Å². The van der Waals surface area contributed by atoms with Crippen molar-refractivity contribution < 1.29 is 19.1 Å². The van der Waals surface area contributed by atoms with Crippen LogP contribution in [0.15, 0.2) is 31.8 Å². The highest BCUT2D eigenvalue weighted by Crippen LogP contribution is 2.32. The van der Waals surface area contributed by atoms with Gasteiger partial charge in [0.2, 0.25) is 0 Å². The maximum atomic E-state index is 13.2. The Labute approximate surface area is 133 Å². The molecule has 1 aromatic carbocycles. The summed E-state index contributed by atoms with van der Waals surface area (Å²) < 4.78 is 14.7. The number of nitrogens with one attached hydrogen (secondary N) is 1. The van der Waals surface area contributed by atoms with Gasteiger partial charge in [-0.05, 0) is 56.1 Å². The highest BCUT2D eigenvalue weighted by molar-refractivity contribution is 9.12. The van der Waals surface area contributed by atoms with Crippen LogP contribution in [0, 0.1) is 5.82 Å². The number of amides is 1. The summed E-state index contributed by atoms with van der Waals surface area (Å²) in [6.07, 6.45) is 0. The lowest BCUT2D eigenvalue weighted by molar-refractivity contribution is 0.0691. The van der Waals surface area contributed by atoms with Gasteiger partial charge in [0, 0.05) is 5.69 Å². The molecule has 0 radical (unpaired) electrons. The van der Waals surface area contributed by atoms with Crippen molar-refractivity contribution in [1.29, 1.82) is 0 Å². The van der Waals surface area contributed by atoms with Crippen molar-refractivity contribution in [3.63, 3.8) is 0 Å². The number of carboxylic acids is 1. The predicted octanol–water partition coefficient (Wildman–Crippen LogP) is 4.36. The molecule has 1 aromatic heterocycles. The van der Waals surface area contributed by atoms with Crippen molar-refractivity contribution in [2.45, 2.75) is 0 Å². The van der Waals surface area contributed by atoms with Gasteiger partial charge in [-0.25, -0.2) is 9.18 Å². The van der Waals surface area contributed by atoms with Gasteiger partial charge < -0.3 is 10.4 Å². The van der Waals surface area contributed by atoms with Gasteiger partial charge in [-0.15, -0.1) is 11.3 Å². The molecular formula is C12H6Br2FNO3S. The van der Waals surface area contributed by atoms with Crippen LogP contribution in [0.3, 0.4) is 0 Å². The first kappa shape index (κ1) is 15.1. The third-order valence-corrected chi connectivity index (χ3v) is 4.70. The number of anilines is 1. The van der Waals surface area contributed by atoms with Crippen molar-refractivity contribution in [3.05, 3.63) is 48.8 Å². The van der Waals surface area contributed by atoms with Crippen LogP contribution in [0.2, 0.25) is 0 Å². The molecule has 0 saturated heterocycles. The minimum absolute atomic E-state index is 0.211. The molecule has 2 N–H and O–H groups in total. The summed E-state index contributed by atoms with van der Waals surface area (Å²) in [5.41, 5.74) is 0.125. The molecule has 2 rings (SSSR count). The van der Waals surface area contributed by atoms with E-state index >= 15 is 0 Å². The predicted molar refractivity (Wildman–Crippen MR) is 81.0 cm³/mol. The second-order valence-electron chi connectivity index (χ2n) is 3.69. The summed E-state index contributed by atoms with van der Waals surface area (Å²) >= 11 is 7.85. The lowest BCUT2D eigenvalue weighted by Crippen LogP contribution is -2.12. The van der Waals surface area contributed by atoms with Crippen LogP contribution in [-0.4, -0.2) is 17.0 Å². The number of carbonyl (C=O) groups is 2. The molecular weight excluding hydrogens is 417 g/mol. The van der Waals surface area contributed by atoms with E-state index in [1.165, 1.54) is 17.4 Å². The number of carboxylic acid groups (broad SMARTS) is 1. The lowest BCUT2D eigenvalue weighted by atomic mass is 10.2. The van der Waals surface area contributed by atoms with E-state index in [4.69, 9.17) is 5.11 Å². The van der Waals surface area contributed by atoms with Crippen LogP contribution in [0.4, 0.5) is 10.1 Å². The second kappa shape index (κ2) is 6.02. The number of rotatable bonds is 3. The van der Waals surface area contributed by atoms with E-state index in [-0.39, 0.29) is 5.69 Å². The van der Waals surface area contributed by atoms with Gasteiger partial charge in [0.1, 0.15) is 5.82 Å². The maximum Gasteiger partial charge on any atom is 0.338 e. The first-order valence-electron chi connectivity index (χ1n) is 5.17. The Morgan fingerprint density at radius 2 is 1.90 bits per heavy atom. The number of halogens is 3. The molecule has 0 saturated carbocycles. The first-order chi connectivity index (χ1) is 9.38. The number of carbonyl (C=O) groups excluding carboxylic acids is 1. The van der Waals surface area contributed by atoms with Gasteiger partial charge in [-0.1, -0.05) is 0 Å². The molecule has 4 nitrogen and oxygen atoms in total. The zero-order chi connectivity index (χ0) is 14.9. The third-order valence-electron chi connectivity index (χ3n) is 2.36. The molecule has 0 aliphatic carbocycles. The summed E-state index contributed by atoms with van der Waals surface area (Å²) in [5.74, 6) is -2.66. The van der Waals surface area contributed by atoms with E-state index in [9.17, 15) is 14.0 Å². The molecule has 0 atom stereocenters.